The van der Waals surface area contributed by atoms with Crippen molar-refractivity contribution in [3.05, 3.63) is 79.1 Å². The summed E-state index contributed by atoms with van der Waals surface area (Å²) in [6, 6.07) is 8.90. The summed E-state index contributed by atoms with van der Waals surface area (Å²) in [4.78, 5) is 67.5. The van der Waals surface area contributed by atoms with Crippen LogP contribution in [-0.2, 0) is 62.0 Å². The molecule has 9 heterocycles. The quantitative estimate of drug-likeness (QED) is 0.123. The number of hydrogen-bond donors (Lipinski definition) is 2. The maximum Gasteiger partial charge on any atom is 0.325 e. The van der Waals surface area contributed by atoms with E-state index in [2.05, 4.69) is 53.8 Å². The van der Waals surface area contributed by atoms with Gasteiger partial charge in [0, 0.05) is 18.0 Å². The van der Waals surface area contributed by atoms with Crippen LogP contribution in [0.5, 0.6) is 0 Å². The van der Waals surface area contributed by atoms with E-state index < -0.39 is 70.6 Å². The van der Waals surface area contributed by atoms with Crippen molar-refractivity contribution in [2.24, 2.45) is 5.92 Å². The van der Waals surface area contributed by atoms with Crippen LogP contribution in [0, 0.1) is 5.92 Å². The van der Waals surface area contributed by atoms with Gasteiger partial charge in [-0.15, -0.1) is 0 Å². The zero-order valence-electron chi connectivity index (χ0n) is 35.4. The fraction of sp³-hybridized carbons (Fsp3) is 0.513. The van der Waals surface area contributed by atoms with Gasteiger partial charge in [-0.1, -0.05) is 58.0 Å². The second-order valence-electron chi connectivity index (χ2n) is 17.5. The van der Waals surface area contributed by atoms with Gasteiger partial charge in [0.25, 0.3) is 5.91 Å². The Morgan fingerprint density at radius 1 is 0.825 bits per heavy atom. The van der Waals surface area contributed by atoms with Crippen LogP contribution in [0.2, 0.25) is 18.1 Å². The lowest BCUT2D eigenvalue weighted by atomic mass is 10.0. The van der Waals surface area contributed by atoms with Crippen molar-refractivity contribution in [2.45, 2.75) is 102 Å². The van der Waals surface area contributed by atoms with E-state index in [4.69, 9.17) is 65.6 Å². The molecule has 19 nitrogen and oxygen atoms in total. The molecule has 1 amide bonds. The lowest BCUT2D eigenvalue weighted by Crippen LogP contribution is -2.50. The molecule has 3 saturated heterocycles. The Bertz CT molecular complexity index is 2650. The van der Waals surface area contributed by atoms with Crippen LogP contribution in [0.25, 0.3) is 22.3 Å². The topological polar surface area (TPSA) is 213 Å². The monoisotopic (exact) mass is 957 g/mol. The minimum Gasteiger partial charge on any atom is -0.408 e. The SMILES string of the molecule is C[C@H]1[C@H]2OP(O)(=S)OC[C@H]3O[C@@H]4[C@H](OP(O)(=S)OC[C@H]1O[C@H]2n1cnc2c(ncnc21)CCC=CCN(C(=O)c1ccccc1)c1ncnc2c1ncn24)[C@@H]3O[Si](C)(C)C(C)(C)C. The van der Waals surface area contributed by atoms with E-state index >= 15 is 0 Å². The smallest absolute Gasteiger partial charge is 0.325 e. The Labute approximate surface area is 374 Å². The molecular weight excluding hydrogens is 909 g/mol. The van der Waals surface area contributed by atoms with Crippen molar-refractivity contribution < 1.29 is 46.6 Å². The molecule has 3 fully saturated rings. The fourth-order valence-electron chi connectivity index (χ4n) is 7.97. The van der Waals surface area contributed by atoms with Gasteiger partial charge in [-0.2, -0.15) is 0 Å². The van der Waals surface area contributed by atoms with Crippen LogP contribution < -0.4 is 4.90 Å². The number of benzene rings is 1. The van der Waals surface area contributed by atoms with Crippen LogP contribution in [0.15, 0.2) is 67.8 Å². The molecule has 0 saturated carbocycles. The largest absolute Gasteiger partial charge is 0.408 e. The van der Waals surface area contributed by atoms with E-state index in [1.165, 1.54) is 23.9 Å². The standard InChI is InChI=1S/C39H49N9O10P2S2Si/c1-23-26-17-52-60(51,62)57-32-31(58-63(5,6)39(2,3)4)27-18-53-59(50,61)56-30(23)37(54-26)47-21-44-28-25(40-19-41-33(28)47)15-11-8-12-16-46(36(49)24-13-9-7-10-14-24)34-29-35(43-20-42-34)48(22-45-29)38(32)55-27/h7-10,12-14,19-23,26-27,30-32,37-38H,11,15-18H2,1-6H3,(H,50,61)(H,51,62)/t23-,26-,27-,30-,31-,32-,37-,38-,59?,60?/m1/s1. The summed E-state index contributed by atoms with van der Waals surface area (Å²) >= 11 is 11.5. The summed E-state index contributed by atoms with van der Waals surface area (Å²) in [7, 11) is -2.67. The minimum atomic E-state index is -4.14. The molecule has 0 aliphatic carbocycles. The number of imidazole rings is 2. The van der Waals surface area contributed by atoms with E-state index in [1.807, 2.05) is 25.1 Å². The zero-order chi connectivity index (χ0) is 44.5. The van der Waals surface area contributed by atoms with Crippen molar-refractivity contribution in [3.8, 4) is 0 Å². The van der Waals surface area contributed by atoms with E-state index in [0.29, 0.717) is 35.3 Å². The summed E-state index contributed by atoms with van der Waals surface area (Å²) < 4.78 is 49.0. The third-order valence-corrected chi connectivity index (χ3v) is 20.0. The summed E-state index contributed by atoms with van der Waals surface area (Å²) in [5.74, 6) is -0.537. The molecule has 2 unspecified atom stereocenters. The zero-order valence-corrected chi connectivity index (χ0v) is 39.8. The first kappa shape index (κ1) is 44.9. The summed E-state index contributed by atoms with van der Waals surface area (Å²) in [5.41, 5.74) is 2.71. The maximum absolute atomic E-state index is 14.3. The van der Waals surface area contributed by atoms with E-state index in [0.717, 1.165) is 0 Å². The summed E-state index contributed by atoms with van der Waals surface area (Å²) in [6.45, 7) is 3.68. The van der Waals surface area contributed by atoms with Crippen molar-refractivity contribution in [1.82, 2.24) is 39.0 Å². The number of ether oxygens (including phenoxy) is 2. The van der Waals surface area contributed by atoms with Crippen LogP contribution >= 0.6 is 13.4 Å². The van der Waals surface area contributed by atoms with Gasteiger partial charge in [-0.25, -0.2) is 29.9 Å². The van der Waals surface area contributed by atoms with E-state index in [9.17, 15) is 14.6 Å². The number of hydrogen-bond acceptors (Lipinski definition) is 16. The number of carbonyl (C=O) groups is 1. The maximum atomic E-state index is 14.3. The molecule has 1 aromatic carbocycles. The minimum absolute atomic E-state index is 0.145. The van der Waals surface area contributed by atoms with Crippen LogP contribution in [0.1, 0.15) is 62.6 Å². The normalized spacial score (nSPS) is 32.0. The Morgan fingerprint density at radius 2 is 1.43 bits per heavy atom. The Kier molecular flexibility index (Phi) is 12.2. The lowest BCUT2D eigenvalue weighted by molar-refractivity contribution is -0.0610. The van der Waals surface area contributed by atoms with Gasteiger partial charge in [0.1, 0.15) is 42.6 Å². The highest BCUT2D eigenvalue weighted by molar-refractivity contribution is 8.07. The predicted molar refractivity (Wildman–Crippen MR) is 240 cm³/mol. The molecule has 10 rings (SSSR count). The number of carbonyl (C=O) groups excluding carboxylic acids is 1. The van der Waals surface area contributed by atoms with Crippen molar-refractivity contribution in [1.29, 1.82) is 0 Å². The number of aromatic nitrogens is 8. The summed E-state index contributed by atoms with van der Waals surface area (Å²) in [5, 5.41) is -0.287. The number of allylic oxidation sites excluding steroid dienone is 1. The Balaban J connectivity index is 1.22. The van der Waals surface area contributed by atoms with Crippen molar-refractivity contribution >= 4 is 79.4 Å². The van der Waals surface area contributed by atoms with Crippen molar-refractivity contribution in [2.75, 3.05) is 24.7 Å². The van der Waals surface area contributed by atoms with Gasteiger partial charge in [0.05, 0.1) is 37.7 Å². The molecule has 4 aromatic heterocycles. The average Bonchev–Trinajstić information content (AvgIpc) is 4.01. The highest BCUT2D eigenvalue weighted by Crippen LogP contribution is 2.56. The number of nitrogens with zero attached hydrogens (tertiary/aromatic N) is 9. The first-order valence-corrected chi connectivity index (χ1v) is 28.7. The molecule has 5 aromatic rings. The van der Waals surface area contributed by atoms with Gasteiger partial charge in [0.15, 0.2) is 43.4 Å². The van der Waals surface area contributed by atoms with Gasteiger partial charge in [0.2, 0.25) is 0 Å². The molecule has 0 radical (unpaired) electrons. The molecule has 336 valence electrons. The molecule has 5 aliphatic rings. The molecule has 2 N–H and O–H groups in total. The highest BCUT2D eigenvalue weighted by Gasteiger charge is 2.55. The number of amides is 1. The van der Waals surface area contributed by atoms with E-state index in [1.54, 1.807) is 39.7 Å². The Hall–Kier alpha value is -3.31. The number of anilines is 1. The van der Waals surface area contributed by atoms with Crippen molar-refractivity contribution in [3.63, 3.8) is 0 Å². The van der Waals surface area contributed by atoms with Crippen LogP contribution in [0.3, 0.4) is 0 Å². The highest BCUT2D eigenvalue weighted by atomic mass is 32.5. The number of rotatable bonds is 3. The number of aryl methyl sites for hydroxylation is 1. The van der Waals surface area contributed by atoms with Gasteiger partial charge in [-0.3, -0.25) is 23.4 Å². The van der Waals surface area contributed by atoms with Gasteiger partial charge >= 0.3 is 13.4 Å². The molecular formula is C39H49N9O10P2S2Si. The molecule has 14 bridgehead atoms. The average molecular weight is 958 g/mol. The van der Waals surface area contributed by atoms with Crippen LogP contribution in [-0.4, -0.2) is 113 Å². The van der Waals surface area contributed by atoms with Crippen LogP contribution in [0.4, 0.5) is 5.82 Å². The first-order chi connectivity index (χ1) is 29.9. The Morgan fingerprint density at radius 3 is 2.13 bits per heavy atom. The fourth-order valence-corrected chi connectivity index (χ4v) is 12.2. The second kappa shape index (κ2) is 17.2. The molecule has 63 heavy (non-hydrogen) atoms. The van der Waals surface area contributed by atoms with E-state index in [-0.39, 0.29) is 47.7 Å². The molecule has 24 heteroatoms. The van der Waals surface area contributed by atoms with Gasteiger partial charge < -0.3 is 37.3 Å². The van der Waals surface area contributed by atoms with Gasteiger partial charge in [-0.05, 0) is 66.7 Å². The predicted octanol–water partition coefficient (Wildman–Crippen LogP) is 5.89. The third-order valence-electron chi connectivity index (χ3n) is 12.4. The second-order valence-corrected chi connectivity index (χ2v) is 27.8. The first-order valence-electron chi connectivity index (χ1n) is 20.6. The lowest BCUT2D eigenvalue weighted by Gasteiger charge is -2.41. The molecule has 10 atom stereocenters. The number of fused-ring (bicyclic) bond motifs is 10. The molecule has 5 aliphatic heterocycles. The summed E-state index contributed by atoms with van der Waals surface area (Å²) in [6.07, 6.45) is 4.06. The third kappa shape index (κ3) is 8.76. The molecule has 0 spiro atoms.